The molecule has 0 aromatic carbocycles. The third-order valence-electron chi connectivity index (χ3n) is 6.72. The van der Waals surface area contributed by atoms with Crippen LogP contribution < -0.4 is 5.73 Å². The number of aliphatic hydroxyl groups excluding tert-OH is 3. The van der Waals surface area contributed by atoms with Crippen molar-refractivity contribution in [1.29, 1.82) is 0 Å². The predicted molar refractivity (Wildman–Crippen MR) is 101 cm³/mol. The molecule has 8 nitrogen and oxygen atoms in total. The number of nitrogen functional groups attached to an aromatic ring is 1. The number of hydrogen-bond acceptors (Lipinski definition) is 8. The van der Waals surface area contributed by atoms with Crippen molar-refractivity contribution < 1.29 is 15.3 Å². The fraction of sp³-hybridized carbons (Fsp3) is 0.722. The van der Waals surface area contributed by atoms with Crippen LogP contribution in [0.5, 0.6) is 0 Å². The first-order chi connectivity index (χ1) is 13.0. The number of aliphatic hydroxyl groups is 3. The van der Waals surface area contributed by atoms with Crippen LogP contribution in [0.2, 0.25) is 0 Å². The number of nitrogens with two attached hydrogens (primary N) is 1. The highest BCUT2D eigenvalue weighted by Crippen LogP contribution is 2.67. The molecule has 0 saturated heterocycles. The molecule has 3 aliphatic carbocycles. The Labute approximate surface area is 161 Å². The maximum Gasteiger partial charge on any atom is 0.191 e. The second-order valence-corrected chi connectivity index (χ2v) is 9.49. The molecule has 2 aromatic rings. The minimum Gasteiger partial charge on any atom is -0.396 e. The highest BCUT2D eigenvalue weighted by Gasteiger charge is 2.71. The highest BCUT2D eigenvalue weighted by atomic mass is 32.2. The smallest absolute Gasteiger partial charge is 0.191 e. The van der Waals surface area contributed by atoms with Crippen LogP contribution in [0.1, 0.15) is 44.6 Å². The molecule has 9 heteroatoms. The van der Waals surface area contributed by atoms with E-state index in [1.54, 1.807) is 18.1 Å². The lowest BCUT2D eigenvalue weighted by atomic mass is 10.0. The standard InChI is InChI=1S/C18H25N5O3S/c19-15-11-16(22-17(21-15)27-9-4-2-1-3-5-9)23(8-20-11)12-10-6-18(10,7-24)14(26)13(12)25/h8-10,12-14,24-26H,1-7H2,(H2,19,21,22)/t10-,12-,13?,14?,18+/m1/s1. The SMILES string of the molecule is Nc1nc(SC2CCCCC2)nc2c1ncn2[C@H]1C(O)C(O)[C@]2(CO)C[C@H]12. The summed E-state index contributed by atoms with van der Waals surface area (Å²) in [4.78, 5) is 13.5. The van der Waals surface area contributed by atoms with Gasteiger partial charge in [0, 0.05) is 10.7 Å². The second kappa shape index (κ2) is 6.30. The molecule has 3 saturated carbocycles. The zero-order chi connectivity index (χ0) is 18.8. The third-order valence-corrected chi connectivity index (χ3v) is 7.92. The molecular weight excluding hydrogens is 366 g/mol. The third kappa shape index (κ3) is 2.59. The number of nitrogens with zero attached hydrogens (tertiary/aromatic N) is 4. The fourth-order valence-electron chi connectivity index (χ4n) is 5.07. The Hall–Kier alpha value is -1.42. The number of hydrogen-bond donors (Lipinski definition) is 4. The second-order valence-electron chi connectivity index (χ2n) is 8.22. The van der Waals surface area contributed by atoms with Crippen LogP contribution in [0, 0.1) is 11.3 Å². The van der Waals surface area contributed by atoms with Crippen molar-refractivity contribution in [3.05, 3.63) is 6.33 Å². The van der Waals surface area contributed by atoms with E-state index in [1.807, 2.05) is 4.57 Å². The molecule has 5 atom stereocenters. The largest absolute Gasteiger partial charge is 0.396 e. The van der Waals surface area contributed by atoms with Crippen molar-refractivity contribution in [2.24, 2.45) is 11.3 Å². The van der Waals surface area contributed by atoms with Crippen LogP contribution in [0.3, 0.4) is 0 Å². The molecule has 3 fully saturated rings. The summed E-state index contributed by atoms with van der Waals surface area (Å²) in [5.74, 6) is 0.352. The van der Waals surface area contributed by atoms with Gasteiger partial charge >= 0.3 is 0 Å². The van der Waals surface area contributed by atoms with Gasteiger partial charge in [0.05, 0.1) is 25.1 Å². The van der Waals surface area contributed by atoms with Gasteiger partial charge in [-0.1, -0.05) is 31.0 Å². The van der Waals surface area contributed by atoms with Gasteiger partial charge in [0.15, 0.2) is 16.6 Å². The van der Waals surface area contributed by atoms with Crippen LogP contribution in [-0.2, 0) is 0 Å². The lowest BCUT2D eigenvalue weighted by Gasteiger charge is -2.23. The van der Waals surface area contributed by atoms with Crippen LogP contribution in [0.15, 0.2) is 11.5 Å². The zero-order valence-electron chi connectivity index (χ0n) is 15.0. The van der Waals surface area contributed by atoms with Gasteiger partial charge in [-0.25, -0.2) is 15.0 Å². The van der Waals surface area contributed by atoms with Gasteiger partial charge in [-0.05, 0) is 25.2 Å². The highest BCUT2D eigenvalue weighted by molar-refractivity contribution is 7.99. The van der Waals surface area contributed by atoms with Crippen molar-refractivity contribution in [2.45, 2.75) is 67.2 Å². The molecular formula is C18H25N5O3S. The van der Waals surface area contributed by atoms with Crippen molar-refractivity contribution in [3.8, 4) is 0 Å². The summed E-state index contributed by atoms with van der Waals surface area (Å²) >= 11 is 1.67. The van der Waals surface area contributed by atoms with E-state index < -0.39 is 17.6 Å². The van der Waals surface area contributed by atoms with Gasteiger partial charge in [-0.3, -0.25) is 0 Å². The predicted octanol–water partition coefficient (Wildman–Crippen LogP) is 1.11. The van der Waals surface area contributed by atoms with Crippen LogP contribution in [-0.4, -0.2) is 58.9 Å². The summed E-state index contributed by atoms with van der Waals surface area (Å²) in [5, 5.41) is 31.9. The molecule has 5 N–H and O–H groups in total. The van der Waals surface area contributed by atoms with Crippen LogP contribution in [0.4, 0.5) is 5.82 Å². The maximum absolute atomic E-state index is 10.6. The number of imidazole rings is 1. The van der Waals surface area contributed by atoms with Crippen molar-refractivity contribution in [1.82, 2.24) is 19.5 Å². The minimum atomic E-state index is -0.959. The van der Waals surface area contributed by atoms with E-state index in [2.05, 4.69) is 9.97 Å². The molecule has 0 radical (unpaired) electrons. The first-order valence-electron chi connectivity index (χ1n) is 9.69. The molecule has 146 valence electrons. The maximum atomic E-state index is 10.6. The Bertz CT molecular complexity index is 870. The summed E-state index contributed by atoms with van der Waals surface area (Å²) in [6, 6.07) is -0.362. The summed E-state index contributed by atoms with van der Waals surface area (Å²) in [6.07, 6.45) is 6.52. The van der Waals surface area contributed by atoms with E-state index in [4.69, 9.17) is 10.7 Å². The number of aromatic nitrogens is 4. The molecule has 2 unspecified atom stereocenters. The number of anilines is 1. The fourth-order valence-corrected chi connectivity index (χ4v) is 6.23. The van der Waals surface area contributed by atoms with Gasteiger partial charge in [0.25, 0.3) is 0 Å². The number of thioether (sulfide) groups is 1. The molecule has 5 rings (SSSR count). The molecule has 27 heavy (non-hydrogen) atoms. The molecule has 0 amide bonds. The molecule has 0 aliphatic heterocycles. The van der Waals surface area contributed by atoms with Gasteiger partial charge in [0.2, 0.25) is 0 Å². The van der Waals surface area contributed by atoms with Crippen LogP contribution in [0.25, 0.3) is 11.2 Å². The number of fused-ring (bicyclic) bond motifs is 2. The molecule has 3 aliphatic rings. The topological polar surface area (TPSA) is 130 Å². The number of rotatable bonds is 4. The van der Waals surface area contributed by atoms with E-state index in [0.717, 1.165) is 0 Å². The summed E-state index contributed by atoms with van der Waals surface area (Å²) in [7, 11) is 0. The summed E-state index contributed by atoms with van der Waals surface area (Å²) < 4.78 is 1.82. The van der Waals surface area contributed by atoms with Gasteiger partial charge < -0.3 is 25.6 Å². The van der Waals surface area contributed by atoms with E-state index in [-0.39, 0.29) is 18.6 Å². The van der Waals surface area contributed by atoms with E-state index in [1.165, 1.54) is 32.1 Å². The Morgan fingerprint density at radius 1 is 1.22 bits per heavy atom. The Balaban J connectivity index is 1.50. The normalized spacial score (nSPS) is 36.3. The lowest BCUT2D eigenvalue weighted by molar-refractivity contribution is -0.0300. The Morgan fingerprint density at radius 3 is 2.70 bits per heavy atom. The average molecular weight is 391 g/mol. The van der Waals surface area contributed by atoms with Crippen molar-refractivity contribution in [3.63, 3.8) is 0 Å². The first-order valence-corrected chi connectivity index (χ1v) is 10.6. The van der Waals surface area contributed by atoms with Crippen molar-refractivity contribution >= 4 is 28.7 Å². The minimum absolute atomic E-state index is 0.00976. The molecule has 2 heterocycles. The molecule has 2 aromatic heterocycles. The average Bonchev–Trinajstić information content (AvgIpc) is 3.19. The van der Waals surface area contributed by atoms with Crippen LogP contribution >= 0.6 is 11.8 Å². The Kier molecular flexibility index (Phi) is 4.12. The first kappa shape index (κ1) is 17.7. The molecule has 0 bridgehead atoms. The monoisotopic (exact) mass is 391 g/mol. The van der Waals surface area contributed by atoms with Gasteiger partial charge in [-0.15, -0.1) is 0 Å². The van der Waals surface area contributed by atoms with E-state index in [9.17, 15) is 15.3 Å². The lowest BCUT2D eigenvalue weighted by Crippen LogP contribution is -2.35. The quantitative estimate of drug-likeness (QED) is 0.570. The molecule has 0 spiro atoms. The van der Waals surface area contributed by atoms with Crippen molar-refractivity contribution in [2.75, 3.05) is 12.3 Å². The van der Waals surface area contributed by atoms with E-state index >= 15 is 0 Å². The summed E-state index contributed by atoms with van der Waals surface area (Å²) in [5.41, 5.74) is 6.66. The van der Waals surface area contributed by atoms with E-state index in [0.29, 0.717) is 33.8 Å². The Morgan fingerprint density at radius 2 is 2.00 bits per heavy atom. The van der Waals surface area contributed by atoms with Gasteiger partial charge in [0.1, 0.15) is 11.6 Å². The van der Waals surface area contributed by atoms with Gasteiger partial charge in [-0.2, -0.15) is 0 Å². The summed E-state index contributed by atoms with van der Waals surface area (Å²) in [6.45, 7) is -0.126. The zero-order valence-corrected chi connectivity index (χ0v) is 15.8.